The van der Waals surface area contributed by atoms with Gasteiger partial charge in [0.1, 0.15) is 12.4 Å². The molecule has 9 heteroatoms. The van der Waals surface area contributed by atoms with E-state index in [0.29, 0.717) is 30.1 Å². The molecule has 0 radical (unpaired) electrons. The maximum Gasteiger partial charge on any atom is 0.412 e. The monoisotopic (exact) mass is 498 g/mol. The summed E-state index contributed by atoms with van der Waals surface area (Å²) in [5.41, 5.74) is 0.806. The van der Waals surface area contributed by atoms with Gasteiger partial charge in [0.2, 0.25) is 0 Å². The highest BCUT2D eigenvalue weighted by Crippen LogP contribution is 2.17. The quantitative estimate of drug-likeness (QED) is 0.356. The van der Waals surface area contributed by atoms with Crippen LogP contribution in [0.1, 0.15) is 31.7 Å². The van der Waals surface area contributed by atoms with Crippen LogP contribution in [0.3, 0.4) is 0 Å². The third-order valence-electron chi connectivity index (χ3n) is 5.68. The van der Waals surface area contributed by atoms with E-state index in [0.717, 1.165) is 16.3 Å². The third-order valence-corrected chi connectivity index (χ3v) is 6.05. The van der Waals surface area contributed by atoms with Gasteiger partial charge in [0, 0.05) is 30.2 Å². The number of amides is 3. The molecule has 3 rings (SSSR count). The van der Waals surface area contributed by atoms with Crippen LogP contribution in [0.25, 0.3) is 10.8 Å². The number of urea groups is 1. The second-order valence-electron chi connectivity index (χ2n) is 8.43. The number of rotatable bonds is 10. The van der Waals surface area contributed by atoms with Crippen molar-refractivity contribution in [1.29, 1.82) is 0 Å². The molecule has 1 unspecified atom stereocenters. The topological polar surface area (TPSA) is 104 Å². The number of anilines is 1. The van der Waals surface area contributed by atoms with Crippen LogP contribution in [-0.2, 0) is 11.3 Å². The molecule has 1 heterocycles. The van der Waals surface area contributed by atoms with Gasteiger partial charge in [-0.05, 0) is 49.3 Å². The minimum absolute atomic E-state index is 0.00472. The van der Waals surface area contributed by atoms with Gasteiger partial charge in [-0.25, -0.2) is 14.6 Å². The first-order chi connectivity index (χ1) is 16.8. The van der Waals surface area contributed by atoms with Crippen molar-refractivity contribution in [2.24, 2.45) is 0 Å². The fraction of sp³-hybridized carbons (Fsp3) is 0.346. The lowest BCUT2D eigenvalue weighted by Crippen LogP contribution is -2.46. The van der Waals surface area contributed by atoms with Crippen LogP contribution in [0.2, 0.25) is 5.02 Å². The summed E-state index contributed by atoms with van der Waals surface area (Å²) in [4.78, 5) is 31.0. The number of likely N-dealkylation sites (N-methyl/N-ethyl adjacent to an activating group) is 1. The van der Waals surface area contributed by atoms with Crippen molar-refractivity contribution in [2.75, 3.05) is 19.0 Å². The zero-order valence-corrected chi connectivity index (χ0v) is 20.7. The average Bonchev–Trinajstić information content (AvgIpc) is 2.84. The number of aromatic nitrogens is 1. The van der Waals surface area contributed by atoms with Crippen LogP contribution in [-0.4, -0.2) is 52.9 Å². The minimum Gasteiger partial charge on any atom is -0.447 e. The molecule has 0 saturated carbocycles. The van der Waals surface area contributed by atoms with Crippen molar-refractivity contribution in [2.45, 2.75) is 44.9 Å². The predicted octanol–water partition coefficient (Wildman–Crippen LogP) is 5.20. The molecule has 2 atom stereocenters. The van der Waals surface area contributed by atoms with Gasteiger partial charge >= 0.3 is 12.1 Å². The fourth-order valence-corrected chi connectivity index (χ4v) is 3.81. The smallest absolute Gasteiger partial charge is 0.412 e. The van der Waals surface area contributed by atoms with Crippen molar-refractivity contribution in [3.63, 3.8) is 0 Å². The van der Waals surface area contributed by atoms with Crippen molar-refractivity contribution in [3.8, 4) is 0 Å². The van der Waals surface area contributed by atoms with Gasteiger partial charge in [-0.15, -0.1) is 0 Å². The third kappa shape index (κ3) is 8.12. The Morgan fingerprint density at radius 1 is 1.11 bits per heavy atom. The Balaban J connectivity index is 1.57. The summed E-state index contributed by atoms with van der Waals surface area (Å²) >= 11 is 6.17. The summed E-state index contributed by atoms with van der Waals surface area (Å²) in [7, 11) is 1.65. The van der Waals surface area contributed by atoms with E-state index in [1.54, 1.807) is 32.3 Å². The minimum atomic E-state index is -0.654. The highest BCUT2D eigenvalue weighted by atomic mass is 35.5. The normalized spacial score (nSPS) is 12.6. The molecule has 186 valence electrons. The molecule has 0 spiro atoms. The van der Waals surface area contributed by atoms with E-state index in [1.165, 1.54) is 4.90 Å². The Bertz CT molecular complexity index is 1140. The highest BCUT2D eigenvalue weighted by Gasteiger charge is 2.22. The zero-order chi connectivity index (χ0) is 25.2. The largest absolute Gasteiger partial charge is 0.447 e. The Kier molecular flexibility index (Phi) is 9.69. The van der Waals surface area contributed by atoms with Crippen LogP contribution in [0, 0.1) is 0 Å². The number of nitrogens with one attached hydrogen (secondary N) is 2. The second-order valence-corrected chi connectivity index (χ2v) is 8.84. The van der Waals surface area contributed by atoms with Crippen molar-refractivity contribution in [1.82, 2.24) is 15.2 Å². The molecule has 0 aliphatic rings. The number of benzene rings is 2. The van der Waals surface area contributed by atoms with Gasteiger partial charge in [0.15, 0.2) is 0 Å². The average molecular weight is 499 g/mol. The van der Waals surface area contributed by atoms with Gasteiger partial charge < -0.3 is 20.1 Å². The molecule has 2 aromatic carbocycles. The molecule has 3 N–H and O–H groups in total. The molecule has 0 fully saturated rings. The molecular weight excluding hydrogens is 468 g/mol. The number of carbonyl (C=O) groups excluding carboxylic acids is 2. The molecule has 35 heavy (non-hydrogen) atoms. The first kappa shape index (κ1) is 26.2. The first-order valence-electron chi connectivity index (χ1n) is 11.5. The van der Waals surface area contributed by atoms with Crippen molar-refractivity contribution >= 4 is 40.3 Å². The Morgan fingerprint density at radius 3 is 2.57 bits per heavy atom. The number of nitrogens with zero attached hydrogens (tertiary/aromatic N) is 2. The molecule has 8 nitrogen and oxygen atoms in total. The van der Waals surface area contributed by atoms with Crippen LogP contribution in [0.15, 0.2) is 60.8 Å². The molecule has 1 aromatic heterocycles. The molecule has 0 aliphatic heterocycles. The number of aliphatic hydroxyl groups is 1. The van der Waals surface area contributed by atoms with E-state index in [4.69, 9.17) is 16.3 Å². The van der Waals surface area contributed by atoms with Gasteiger partial charge in [-0.3, -0.25) is 5.32 Å². The predicted molar refractivity (Wildman–Crippen MR) is 137 cm³/mol. The Morgan fingerprint density at radius 2 is 1.83 bits per heavy atom. The van der Waals surface area contributed by atoms with E-state index in [2.05, 4.69) is 15.6 Å². The van der Waals surface area contributed by atoms with Crippen molar-refractivity contribution < 1.29 is 19.4 Å². The molecule has 3 aromatic rings. The van der Waals surface area contributed by atoms with E-state index < -0.39 is 12.2 Å². The Labute approximate surface area is 210 Å². The van der Waals surface area contributed by atoms with E-state index in [1.807, 2.05) is 42.5 Å². The maximum atomic E-state index is 12.8. The van der Waals surface area contributed by atoms with E-state index in [9.17, 15) is 14.7 Å². The van der Waals surface area contributed by atoms with Gasteiger partial charge in [-0.1, -0.05) is 54.1 Å². The number of pyridine rings is 1. The molecule has 0 bridgehead atoms. The number of fused-ring (bicyclic) bond motifs is 1. The number of aliphatic hydroxyl groups excluding tert-OH is 1. The summed E-state index contributed by atoms with van der Waals surface area (Å²) in [5.74, 6) is 0.380. The lowest BCUT2D eigenvalue weighted by molar-refractivity contribution is 0.109. The van der Waals surface area contributed by atoms with E-state index >= 15 is 0 Å². The Hall–Kier alpha value is -3.36. The summed E-state index contributed by atoms with van der Waals surface area (Å²) in [6.45, 7) is 1.99. The van der Waals surface area contributed by atoms with Crippen LogP contribution in [0.5, 0.6) is 0 Å². The number of carbonyl (C=O) groups is 2. The van der Waals surface area contributed by atoms with Crippen LogP contribution in [0.4, 0.5) is 15.4 Å². The van der Waals surface area contributed by atoms with Crippen molar-refractivity contribution in [3.05, 3.63) is 71.4 Å². The molecule has 3 amide bonds. The highest BCUT2D eigenvalue weighted by molar-refractivity contribution is 6.31. The fourth-order valence-electron chi connectivity index (χ4n) is 3.61. The zero-order valence-electron chi connectivity index (χ0n) is 19.9. The second kappa shape index (κ2) is 12.9. The lowest BCUT2D eigenvalue weighted by Gasteiger charge is -2.28. The molecule has 0 aliphatic carbocycles. The number of ether oxygens (including phenoxy) is 1. The summed E-state index contributed by atoms with van der Waals surface area (Å²) in [6, 6.07) is 16.1. The SMILES string of the molecule is CC(O)CCC[C@@H](COC(=O)Nc1cc2ccccc2cn1)N(C)C(=O)NCc1ccccc1Cl. The van der Waals surface area contributed by atoms with Gasteiger partial charge in [-0.2, -0.15) is 0 Å². The van der Waals surface area contributed by atoms with Gasteiger partial charge in [0.25, 0.3) is 0 Å². The molecule has 0 saturated heterocycles. The lowest BCUT2D eigenvalue weighted by atomic mass is 10.1. The summed E-state index contributed by atoms with van der Waals surface area (Å²) in [6.07, 6.45) is 2.39. The van der Waals surface area contributed by atoms with Gasteiger partial charge in [0.05, 0.1) is 12.1 Å². The summed E-state index contributed by atoms with van der Waals surface area (Å²) in [5, 5.41) is 17.6. The molecular formula is C26H31ClN4O4. The number of halogens is 1. The first-order valence-corrected chi connectivity index (χ1v) is 11.9. The number of hydrogen-bond acceptors (Lipinski definition) is 5. The summed E-state index contributed by atoms with van der Waals surface area (Å²) < 4.78 is 5.44. The maximum absolute atomic E-state index is 12.8. The van der Waals surface area contributed by atoms with Crippen LogP contribution < -0.4 is 10.6 Å². The number of hydrogen-bond donors (Lipinski definition) is 3. The standard InChI is InChI=1S/C26H31ClN4O4/c1-18(32)8-7-12-22(31(2)25(33)29-16-21-11-5-6-13-23(21)27)17-35-26(34)30-24-14-19-9-3-4-10-20(19)15-28-24/h3-6,9-11,13-15,18,22,32H,7-8,12,16-17H2,1-2H3,(H,29,33)(H,28,30,34)/t18?,22-/m0/s1. The van der Waals surface area contributed by atoms with Crippen LogP contribution >= 0.6 is 11.6 Å². The van der Waals surface area contributed by atoms with E-state index in [-0.39, 0.29) is 25.2 Å².